The minimum absolute atomic E-state index is 0.102. The molecule has 0 spiro atoms. The summed E-state index contributed by atoms with van der Waals surface area (Å²) < 4.78 is 23.5. The molecule has 0 radical (unpaired) electrons. The van der Waals surface area contributed by atoms with Crippen LogP contribution in [-0.2, 0) is 6.42 Å². The number of hydrogen-bond donors (Lipinski definition) is 2. The number of rotatable bonds is 6. The van der Waals surface area contributed by atoms with Crippen LogP contribution in [0.15, 0.2) is 42.5 Å². The molecule has 2 rings (SSSR count). The van der Waals surface area contributed by atoms with Gasteiger partial charge in [-0.2, -0.15) is 0 Å². The first-order valence-corrected chi connectivity index (χ1v) is 6.60. The Labute approximate surface area is 123 Å². The summed E-state index contributed by atoms with van der Waals surface area (Å²) in [5, 5.41) is 0. The normalized spacial score (nSPS) is 12.0. The molecule has 21 heavy (non-hydrogen) atoms. The summed E-state index contributed by atoms with van der Waals surface area (Å²) in [4.78, 5) is 0. The Hall–Kier alpha value is -2.11. The molecule has 112 valence electrons. The van der Waals surface area contributed by atoms with E-state index in [9.17, 15) is 4.39 Å². The quantitative estimate of drug-likeness (QED) is 0.634. The van der Waals surface area contributed by atoms with Gasteiger partial charge in [-0.1, -0.05) is 18.2 Å². The second-order valence-electron chi connectivity index (χ2n) is 4.66. The molecule has 0 saturated heterocycles. The number of hydrazine groups is 1. The minimum atomic E-state index is -0.248. The molecule has 1 unspecified atom stereocenters. The van der Waals surface area contributed by atoms with Crippen LogP contribution < -0.4 is 20.7 Å². The van der Waals surface area contributed by atoms with Crippen LogP contribution in [0.1, 0.15) is 17.2 Å². The zero-order chi connectivity index (χ0) is 15.2. The van der Waals surface area contributed by atoms with E-state index in [2.05, 4.69) is 5.43 Å². The molecule has 2 aromatic rings. The molecule has 0 aliphatic heterocycles. The van der Waals surface area contributed by atoms with Crippen molar-refractivity contribution in [2.24, 2.45) is 5.84 Å². The van der Waals surface area contributed by atoms with Gasteiger partial charge in [-0.15, -0.1) is 0 Å². The third-order valence-corrected chi connectivity index (χ3v) is 3.36. The number of hydrogen-bond acceptors (Lipinski definition) is 4. The van der Waals surface area contributed by atoms with Gasteiger partial charge in [0.2, 0.25) is 0 Å². The van der Waals surface area contributed by atoms with E-state index in [0.717, 1.165) is 11.1 Å². The highest BCUT2D eigenvalue weighted by Crippen LogP contribution is 2.30. The molecule has 1 atom stereocenters. The topological polar surface area (TPSA) is 56.5 Å². The van der Waals surface area contributed by atoms with Gasteiger partial charge in [-0.05, 0) is 41.8 Å². The predicted molar refractivity (Wildman–Crippen MR) is 79.7 cm³/mol. The monoisotopic (exact) mass is 290 g/mol. The number of benzene rings is 2. The number of ether oxygens (including phenoxy) is 2. The lowest BCUT2D eigenvalue weighted by molar-refractivity contribution is 0.353. The standard InChI is InChI=1S/C16H19FN2O2/c1-20-15-8-5-12(10-16(15)21-2)14(19-18)9-11-3-6-13(17)7-4-11/h3-8,10,14,19H,9,18H2,1-2H3. The van der Waals surface area contributed by atoms with Crippen molar-refractivity contribution in [3.63, 3.8) is 0 Å². The number of methoxy groups -OCH3 is 2. The number of halogens is 1. The van der Waals surface area contributed by atoms with Crippen molar-refractivity contribution >= 4 is 0 Å². The Balaban J connectivity index is 2.22. The van der Waals surface area contributed by atoms with Crippen molar-refractivity contribution in [1.29, 1.82) is 0 Å². The van der Waals surface area contributed by atoms with Gasteiger partial charge in [0.05, 0.1) is 20.3 Å². The highest BCUT2D eigenvalue weighted by molar-refractivity contribution is 5.44. The lowest BCUT2D eigenvalue weighted by Gasteiger charge is -2.18. The van der Waals surface area contributed by atoms with E-state index in [0.29, 0.717) is 17.9 Å². The van der Waals surface area contributed by atoms with Crippen molar-refractivity contribution in [3.8, 4) is 11.5 Å². The molecule has 0 heterocycles. The molecule has 0 aliphatic rings. The SMILES string of the molecule is COc1ccc(C(Cc2ccc(F)cc2)NN)cc1OC. The van der Waals surface area contributed by atoms with Gasteiger partial charge < -0.3 is 9.47 Å². The van der Waals surface area contributed by atoms with Crippen LogP contribution in [-0.4, -0.2) is 14.2 Å². The van der Waals surface area contributed by atoms with E-state index >= 15 is 0 Å². The third-order valence-electron chi connectivity index (χ3n) is 3.36. The van der Waals surface area contributed by atoms with E-state index in [1.165, 1.54) is 12.1 Å². The first kappa shape index (κ1) is 15.3. The Kier molecular flexibility index (Phi) is 5.14. The molecule has 0 saturated carbocycles. The fourth-order valence-electron chi connectivity index (χ4n) is 2.20. The van der Waals surface area contributed by atoms with Crippen molar-refractivity contribution in [1.82, 2.24) is 5.43 Å². The summed E-state index contributed by atoms with van der Waals surface area (Å²) in [5.74, 6) is 6.71. The van der Waals surface area contributed by atoms with E-state index in [4.69, 9.17) is 15.3 Å². The Morgan fingerprint density at radius 3 is 2.29 bits per heavy atom. The number of nitrogens with two attached hydrogens (primary N) is 1. The first-order valence-electron chi connectivity index (χ1n) is 6.60. The second kappa shape index (κ2) is 7.06. The van der Waals surface area contributed by atoms with E-state index < -0.39 is 0 Å². The maximum atomic E-state index is 12.9. The maximum absolute atomic E-state index is 12.9. The zero-order valence-electron chi connectivity index (χ0n) is 12.1. The van der Waals surface area contributed by atoms with Crippen molar-refractivity contribution in [2.75, 3.05) is 14.2 Å². The van der Waals surface area contributed by atoms with Crippen LogP contribution in [0.5, 0.6) is 11.5 Å². The molecule has 3 N–H and O–H groups in total. The fourth-order valence-corrected chi connectivity index (χ4v) is 2.20. The van der Waals surface area contributed by atoms with E-state index in [-0.39, 0.29) is 11.9 Å². The van der Waals surface area contributed by atoms with Crippen LogP contribution in [0.4, 0.5) is 4.39 Å². The van der Waals surface area contributed by atoms with Gasteiger partial charge in [-0.3, -0.25) is 11.3 Å². The molecule has 0 bridgehead atoms. The summed E-state index contributed by atoms with van der Waals surface area (Å²) in [7, 11) is 3.18. The average Bonchev–Trinajstić information content (AvgIpc) is 2.53. The molecule has 0 aliphatic carbocycles. The molecular formula is C16H19FN2O2. The van der Waals surface area contributed by atoms with Crippen molar-refractivity contribution < 1.29 is 13.9 Å². The first-order chi connectivity index (χ1) is 10.2. The van der Waals surface area contributed by atoms with Gasteiger partial charge in [0.1, 0.15) is 5.82 Å². The van der Waals surface area contributed by atoms with E-state index in [1.54, 1.807) is 26.4 Å². The van der Waals surface area contributed by atoms with Crippen molar-refractivity contribution in [3.05, 3.63) is 59.4 Å². The van der Waals surface area contributed by atoms with Crippen LogP contribution in [0.3, 0.4) is 0 Å². The van der Waals surface area contributed by atoms with Crippen LogP contribution in [0, 0.1) is 5.82 Å². The van der Waals surface area contributed by atoms with Gasteiger partial charge >= 0.3 is 0 Å². The molecule has 0 amide bonds. The Bertz CT molecular complexity index is 587. The lowest BCUT2D eigenvalue weighted by Crippen LogP contribution is -2.29. The van der Waals surface area contributed by atoms with Crippen LogP contribution >= 0.6 is 0 Å². The lowest BCUT2D eigenvalue weighted by atomic mass is 9.99. The molecule has 4 nitrogen and oxygen atoms in total. The smallest absolute Gasteiger partial charge is 0.161 e. The van der Waals surface area contributed by atoms with Gasteiger partial charge in [0, 0.05) is 0 Å². The van der Waals surface area contributed by atoms with Gasteiger partial charge in [-0.25, -0.2) is 4.39 Å². The van der Waals surface area contributed by atoms with Crippen LogP contribution in [0.2, 0.25) is 0 Å². The summed E-state index contributed by atoms with van der Waals surface area (Å²) >= 11 is 0. The molecule has 5 heteroatoms. The fraction of sp³-hybridized carbons (Fsp3) is 0.250. The van der Waals surface area contributed by atoms with Crippen LogP contribution in [0.25, 0.3) is 0 Å². The van der Waals surface area contributed by atoms with Gasteiger partial charge in [0.25, 0.3) is 0 Å². The Morgan fingerprint density at radius 1 is 1.05 bits per heavy atom. The highest BCUT2D eigenvalue weighted by Gasteiger charge is 2.14. The largest absolute Gasteiger partial charge is 0.493 e. The molecule has 0 aromatic heterocycles. The summed E-state index contributed by atoms with van der Waals surface area (Å²) in [5.41, 5.74) is 4.75. The third kappa shape index (κ3) is 3.71. The summed E-state index contributed by atoms with van der Waals surface area (Å²) in [6.07, 6.45) is 0.645. The second-order valence-corrected chi connectivity index (χ2v) is 4.66. The maximum Gasteiger partial charge on any atom is 0.161 e. The predicted octanol–water partition coefficient (Wildman–Crippen LogP) is 2.59. The number of nitrogens with one attached hydrogen (secondary N) is 1. The molecular weight excluding hydrogens is 271 g/mol. The minimum Gasteiger partial charge on any atom is -0.493 e. The molecule has 0 fully saturated rings. The summed E-state index contributed by atoms with van der Waals surface area (Å²) in [6, 6.07) is 11.9. The summed E-state index contributed by atoms with van der Waals surface area (Å²) in [6.45, 7) is 0. The zero-order valence-corrected chi connectivity index (χ0v) is 12.1. The highest BCUT2D eigenvalue weighted by atomic mass is 19.1. The van der Waals surface area contributed by atoms with Crippen molar-refractivity contribution in [2.45, 2.75) is 12.5 Å². The average molecular weight is 290 g/mol. The Morgan fingerprint density at radius 2 is 1.71 bits per heavy atom. The van der Waals surface area contributed by atoms with E-state index in [1.807, 2.05) is 18.2 Å². The molecule has 2 aromatic carbocycles. The van der Waals surface area contributed by atoms with Gasteiger partial charge in [0.15, 0.2) is 11.5 Å².